The maximum absolute atomic E-state index is 12.8. The van der Waals surface area contributed by atoms with Gasteiger partial charge in [-0.1, -0.05) is 115 Å². The summed E-state index contributed by atoms with van der Waals surface area (Å²) in [7, 11) is 0. The number of benzene rings is 4. The second-order valence-corrected chi connectivity index (χ2v) is 7.97. The van der Waals surface area contributed by atoms with Crippen LogP contribution in [-0.2, 0) is 15.6 Å². The molecule has 2 nitrogen and oxygen atoms in total. The van der Waals surface area contributed by atoms with Crippen molar-refractivity contribution in [3.63, 3.8) is 0 Å². The summed E-state index contributed by atoms with van der Waals surface area (Å²) in [6.45, 7) is 0. The van der Waals surface area contributed by atoms with E-state index in [0.717, 1.165) is 27.8 Å². The molecule has 1 fully saturated rings. The number of carboxylic acids is 1. The van der Waals surface area contributed by atoms with Crippen molar-refractivity contribution in [2.24, 2.45) is 0 Å². The van der Waals surface area contributed by atoms with E-state index in [1.807, 2.05) is 78.9 Å². The Morgan fingerprint density at radius 3 is 1.47 bits per heavy atom. The first-order chi connectivity index (χ1) is 14.7. The van der Waals surface area contributed by atoms with E-state index in [2.05, 4.69) is 36.4 Å². The van der Waals surface area contributed by atoms with Gasteiger partial charge in [-0.2, -0.15) is 0 Å². The molecule has 0 aromatic heterocycles. The Balaban J connectivity index is 1.66. The van der Waals surface area contributed by atoms with Gasteiger partial charge in [0.05, 0.1) is 0 Å². The minimum atomic E-state index is -0.981. The Bertz CT molecular complexity index is 1130. The Hall–Kier alpha value is -3.65. The first-order valence-corrected chi connectivity index (χ1v) is 10.2. The third kappa shape index (κ3) is 2.61. The van der Waals surface area contributed by atoms with Crippen LogP contribution in [0.4, 0.5) is 0 Å². The summed E-state index contributed by atoms with van der Waals surface area (Å²) in [6.07, 6.45) is 0.550. The molecule has 5 rings (SSSR count). The molecule has 1 unspecified atom stereocenters. The zero-order chi connectivity index (χ0) is 20.6. The molecule has 30 heavy (non-hydrogen) atoms. The van der Waals surface area contributed by atoms with E-state index in [1.165, 1.54) is 0 Å². The first-order valence-electron chi connectivity index (χ1n) is 10.2. The van der Waals surface area contributed by atoms with Gasteiger partial charge in [0.2, 0.25) is 0 Å². The molecule has 0 radical (unpaired) electrons. The largest absolute Gasteiger partial charge is 0.481 e. The topological polar surface area (TPSA) is 37.3 Å². The van der Waals surface area contributed by atoms with Crippen LogP contribution >= 0.6 is 0 Å². The van der Waals surface area contributed by atoms with Crippen molar-refractivity contribution in [3.8, 4) is 11.1 Å². The van der Waals surface area contributed by atoms with E-state index < -0.39 is 16.8 Å². The van der Waals surface area contributed by atoms with Gasteiger partial charge in [-0.15, -0.1) is 0 Å². The van der Waals surface area contributed by atoms with Crippen LogP contribution < -0.4 is 0 Å². The highest BCUT2D eigenvalue weighted by Gasteiger charge is 2.74. The molecule has 0 aliphatic heterocycles. The molecule has 0 spiro atoms. The fourth-order valence-electron chi connectivity index (χ4n) is 4.97. The number of hydrogen-bond acceptors (Lipinski definition) is 1. The van der Waals surface area contributed by atoms with E-state index in [0.29, 0.717) is 6.42 Å². The van der Waals surface area contributed by atoms with E-state index >= 15 is 0 Å². The molecule has 0 heterocycles. The highest BCUT2D eigenvalue weighted by molar-refractivity contribution is 5.92. The maximum Gasteiger partial charge on any atom is 0.315 e. The summed E-state index contributed by atoms with van der Waals surface area (Å²) in [5, 5.41) is 10.5. The second-order valence-electron chi connectivity index (χ2n) is 7.97. The smallest absolute Gasteiger partial charge is 0.315 e. The Labute approximate surface area is 176 Å². The number of carboxylic acid groups (broad SMARTS) is 1. The fourth-order valence-corrected chi connectivity index (χ4v) is 4.97. The monoisotopic (exact) mass is 390 g/mol. The lowest BCUT2D eigenvalue weighted by atomic mass is 9.77. The molecular weight excluding hydrogens is 368 g/mol. The highest BCUT2D eigenvalue weighted by Crippen LogP contribution is 2.69. The molecule has 146 valence electrons. The average Bonchev–Trinajstić information content (AvgIpc) is 3.54. The number of carbonyl (C=O) groups is 1. The molecule has 1 saturated carbocycles. The van der Waals surface area contributed by atoms with Gasteiger partial charge in [0, 0.05) is 5.41 Å². The molecule has 1 aliphatic carbocycles. The van der Waals surface area contributed by atoms with Gasteiger partial charge in [0.25, 0.3) is 0 Å². The van der Waals surface area contributed by atoms with Gasteiger partial charge in [-0.3, -0.25) is 4.79 Å². The summed E-state index contributed by atoms with van der Waals surface area (Å²) < 4.78 is 0. The van der Waals surface area contributed by atoms with Crippen molar-refractivity contribution in [1.82, 2.24) is 0 Å². The lowest BCUT2D eigenvalue weighted by Crippen LogP contribution is -2.31. The van der Waals surface area contributed by atoms with Crippen LogP contribution in [0.3, 0.4) is 0 Å². The third-order valence-electron chi connectivity index (χ3n) is 6.52. The minimum Gasteiger partial charge on any atom is -0.481 e. The van der Waals surface area contributed by atoms with Crippen LogP contribution in [0, 0.1) is 0 Å². The van der Waals surface area contributed by atoms with E-state index in [-0.39, 0.29) is 0 Å². The van der Waals surface area contributed by atoms with Crippen molar-refractivity contribution in [1.29, 1.82) is 0 Å². The van der Waals surface area contributed by atoms with E-state index in [9.17, 15) is 9.90 Å². The van der Waals surface area contributed by atoms with Crippen LogP contribution in [0.15, 0.2) is 115 Å². The molecular formula is C28H22O2. The van der Waals surface area contributed by atoms with Crippen LogP contribution in [0.5, 0.6) is 0 Å². The number of aliphatic carboxylic acids is 1. The molecule has 0 saturated heterocycles. The third-order valence-corrected chi connectivity index (χ3v) is 6.52. The quantitative estimate of drug-likeness (QED) is 0.449. The zero-order valence-electron chi connectivity index (χ0n) is 16.5. The molecule has 2 heteroatoms. The van der Waals surface area contributed by atoms with Crippen molar-refractivity contribution in [2.75, 3.05) is 0 Å². The van der Waals surface area contributed by atoms with Gasteiger partial charge in [0.15, 0.2) is 0 Å². The predicted molar refractivity (Wildman–Crippen MR) is 119 cm³/mol. The van der Waals surface area contributed by atoms with Gasteiger partial charge in [-0.25, -0.2) is 0 Å². The van der Waals surface area contributed by atoms with E-state index in [1.54, 1.807) is 0 Å². The number of hydrogen-bond donors (Lipinski definition) is 1. The lowest BCUT2D eigenvalue weighted by Gasteiger charge is -2.25. The molecule has 1 aliphatic rings. The van der Waals surface area contributed by atoms with Crippen LogP contribution in [0.25, 0.3) is 11.1 Å². The average molecular weight is 390 g/mol. The molecule has 0 bridgehead atoms. The van der Waals surface area contributed by atoms with Crippen LogP contribution in [-0.4, -0.2) is 11.1 Å². The van der Waals surface area contributed by atoms with Crippen molar-refractivity contribution < 1.29 is 9.90 Å². The SMILES string of the molecule is O=C(O)C1(c2ccc(-c3ccccc3)cc2)CC1(c1ccccc1)c1ccccc1. The van der Waals surface area contributed by atoms with Gasteiger partial charge in [0.1, 0.15) is 5.41 Å². The van der Waals surface area contributed by atoms with Crippen molar-refractivity contribution in [2.45, 2.75) is 17.3 Å². The number of rotatable bonds is 5. The minimum absolute atomic E-state index is 0.550. The van der Waals surface area contributed by atoms with Gasteiger partial charge in [-0.05, 0) is 34.2 Å². The maximum atomic E-state index is 12.8. The standard InChI is InChI=1S/C28H22O2/c29-26(30)28(25-18-16-22(17-19-25)21-10-4-1-5-11-21)20-27(28,23-12-6-2-7-13-23)24-14-8-3-9-15-24/h1-19H,20H2,(H,29,30). The van der Waals surface area contributed by atoms with E-state index in [4.69, 9.17) is 0 Å². The first kappa shape index (κ1) is 18.4. The van der Waals surface area contributed by atoms with Crippen molar-refractivity contribution >= 4 is 5.97 Å². The molecule has 1 N–H and O–H groups in total. The molecule has 4 aromatic carbocycles. The summed E-state index contributed by atoms with van der Waals surface area (Å²) in [5.74, 6) is -0.775. The molecule has 4 aromatic rings. The summed E-state index contributed by atoms with van der Waals surface area (Å²) in [5.41, 5.74) is 3.60. The van der Waals surface area contributed by atoms with Gasteiger partial charge < -0.3 is 5.11 Å². The molecule has 0 amide bonds. The Kier molecular flexibility index (Phi) is 4.29. The molecule has 1 atom stereocenters. The second kappa shape index (κ2) is 7.00. The van der Waals surface area contributed by atoms with Crippen molar-refractivity contribution in [3.05, 3.63) is 132 Å². The summed E-state index contributed by atoms with van der Waals surface area (Å²) in [4.78, 5) is 12.8. The fraction of sp³-hybridized carbons (Fsp3) is 0.107. The van der Waals surface area contributed by atoms with Crippen LogP contribution in [0.2, 0.25) is 0 Å². The van der Waals surface area contributed by atoms with Gasteiger partial charge >= 0.3 is 5.97 Å². The van der Waals surface area contributed by atoms with Crippen LogP contribution in [0.1, 0.15) is 23.1 Å². The summed E-state index contributed by atoms with van der Waals surface area (Å²) in [6, 6.07) is 38.3. The predicted octanol–water partition coefficient (Wildman–Crippen LogP) is 6.07. The Morgan fingerprint density at radius 2 is 1.00 bits per heavy atom. The highest BCUT2D eigenvalue weighted by atomic mass is 16.4. The normalized spacial score (nSPS) is 19.2. The zero-order valence-corrected chi connectivity index (χ0v) is 16.5. The Morgan fingerprint density at radius 1 is 0.567 bits per heavy atom. The lowest BCUT2D eigenvalue weighted by molar-refractivity contribution is -0.140. The summed E-state index contributed by atoms with van der Waals surface area (Å²) >= 11 is 0.